The van der Waals surface area contributed by atoms with Crippen LogP contribution in [0.1, 0.15) is 10.4 Å². The minimum atomic E-state index is 0. The summed E-state index contributed by atoms with van der Waals surface area (Å²) in [4.78, 5) is 16.8. The van der Waals surface area contributed by atoms with Gasteiger partial charge >= 0.3 is 0 Å². The summed E-state index contributed by atoms with van der Waals surface area (Å²) in [7, 11) is 3.22. The molecule has 0 saturated heterocycles. The van der Waals surface area contributed by atoms with Gasteiger partial charge < -0.3 is 26.5 Å². The third-order valence-corrected chi connectivity index (χ3v) is 4.47. The third kappa shape index (κ3) is 5.14. The van der Waals surface area contributed by atoms with E-state index in [0.717, 1.165) is 21.5 Å². The van der Waals surface area contributed by atoms with Crippen LogP contribution in [0.5, 0.6) is 11.5 Å². The van der Waals surface area contributed by atoms with E-state index in [0.29, 0.717) is 11.3 Å². The molecule has 5 nitrogen and oxygen atoms in total. The molecule has 1 heterocycles. The molecule has 0 amide bonds. The second-order valence-electron chi connectivity index (χ2n) is 5.61. The lowest BCUT2D eigenvalue weighted by Crippen LogP contribution is -3.00. The maximum Gasteiger partial charge on any atom is 0.287 e. The summed E-state index contributed by atoms with van der Waals surface area (Å²) in [6.07, 6.45) is 3.48. The molecule has 3 aromatic rings. The largest absolute Gasteiger partial charge is 1.00 e. The summed E-state index contributed by atoms with van der Waals surface area (Å²) in [6, 6.07) is 14.8. The molecule has 0 aliphatic carbocycles. The van der Waals surface area contributed by atoms with E-state index in [9.17, 15) is 4.79 Å². The first-order chi connectivity index (χ1) is 12.6. The van der Waals surface area contributed by atoms with E-state index in [2.05, 4.69) is 20.9 Å². The molecule has 0 aliphatic rings. The highest BCUT2D eigenvalue weighted by atomic mass is 79.9. The fourth-order valence-corrected chi connectivity index (χ4v) is 2.80. The van der Waals surface area contributed by atoms with Crippen LogP contribution in [-0.4, -0.2) is 25.0 Å². The Morgan fingerprint density at radius 3 is 2.41 bits per heavy atom. The summed E-state index contributed by atoms with van der Waals surface area (Å²) >= 11 is 3.37. The number of halogens is 2. The van der Waals surface area contributed by atoms with Gasteiger partial charge in [-0.2, -0.15) is 0 Å². The van der Waals surface area contributed by atoms with Crippen molar-refractivity contribution in [2.24, 2.45) is 0 Å². The molecule has 0 bridgehead atoms. The van der Waals surface area contributed by atoms with Gasteiger partial charge in [-0.05, 0) is 29.2 Å². The first kappa shape index (κ1) is 21.1. The number of hydrogen-bond acceptors (Lipinski definition) is 4. The van der Waals surface area contributed by atoms with E-state index >= 15 is 0 Å². The molecule has 1 aromatic heterocycles. The van der Waals surface area contributed by atoms with Crippen LogP contribution < -0.4 is 31.0 Å². The van der Waals surface area contributed by atoms with Gasteiger partial charge in [0.2, 0.25) is 5.78 Å². The van der Waals surface area contributed by atoms with Crippen molar-refractivity contribution in [3.8, 4) is 22.8 Å². The van der Waals surface area contributed by atoms with Crippen molar-refractivity contribution < 1.29 is 35.8 Å². The number of hydrogen-bond donors (Lipinski definition) is 0. The number of ether oxygens (including phenoxy) is 2. The zero-order chi connectivity index (χ0) is 18.5. The molecular weight excluding hydrogens is 476 g/mol. The second-order valence-corrected chi connectivity index (χ2v) is 6.53. The molecule has 0 N–H and O–H groups in total. The Balaban J connectivity index is 0.00000261. The number of nitrogens with zero attached hydrogens (tertiary/aromatic N) is 2. The van der Waals surface area contributed by atoms with Crippen molar-refractivity contribution >= 4 is 21.7 Å². The first-order valence-corrected chi connectivity index (χ1v) is 8.76. The molecule has 0 atom stereocenters. The van der Waals surface area contributed by atoms with E-state index in [-0.39, 0.29) is 29.3 Å². The van der Waals surface area contributed by atoms with E-state index in [1.807, 2.05) is 42.6 Å². The molecule has 0 spiro atoms. The number of Topliss-reactive ketones (excluding diaryl/α,β-unsaturated/α-hetero) is 1. The monoisotopic (exact) mass is 492 g/mol. The fraction of sp³-hybridized carbons (Fsp3) is 0.150. The Hall–Kier alpha value is -2.25. The predicted octanol–water partition coefficient (Wildman–Crippen LogP) is 0.703. The van der Waals surface area contributed by atoms with Gasteiger partial charge in [-0.15, -0.1) is 0 Å². The Labute approximate surface area is 176 Å². The number of benzene rings is 2. The molecule has 0 saturated carbocycles. The topological polar surface area (TPSA) is 52.3 Å². The number of carbonyl (C=O) groups is 1. The minimum Gasteiger partial charge on any atom is -1.00 e. The lowest BCUT2D eigenvalue weighted by atomic mass is 10.1. The maximum atomic E-state index is 12.4. The Bertz CT molecular complexity index is 914. The highest BCUT2D eigenvalue weighted by Gasteiger charge is 2.15. The Morgan fingerprint density at radius 1 is 1.07 bits per heavy atom. The van der Waals surface area contributed by atoms with Crippen molar-refractivity contribution in [1.82, 2.24) is 4.98 Å². The summed E-state index contributed by atoms with van der Waals surface area (Å²) in [5.41, 5.74) is 2.29. The molecule has 0 fully saturated rings. The lowest BCUT2D eigenvalue weighted by Gasteiger charge is -2.08. The van der Waals surface area contributed by atoms with Crippen LogP contribution in [0.15, 0.2) is 65.5 Å². The van der Waals surface area contributed by atoms with E-state index in [1.54, 1.807) is 37.2 Å². The van der Waals surface area contributed by atoms with E-state index in [4.69, 9.17) is 9.47 Å². The highest BCUT2D eigenvalue weighted by Crippen LogP contribution is 2.31. The first-order valence-electron chi connectivity index (χ1n) is 7.97. The SMILES string of the molecule is COc1ccc(-c2cc[n+](CC(=O)c3ccc(Br)cc3)cn2)c(OC)c1.[Br-]. The Morgan fingerprint density at radius 2 is 1.81 bits per heavy atom. The van der Waals surface area contributed by atoms with Crippen molar-refractivity contribution in [1.29, 1.82) is 0 Å². The summed E-state index contributed by atoms with van der Waals surface area (Å²) in [5.74, 6) is 1.43. The maximum absolute atomic E-state index is 12.4. The van der Waals surface area contributed by atoms with Gasteiger partial charge in [0.1, 0.15) is 11.5 Å². The van der Waals surface area contributed by atoms with Crippen LogP contribution in [0.25, 0.3) is 11.3 Å². The van der Waals surface area contributed by atoms with E-state index in [1.165, 1.54) is 0 Å². The van der Waals surface area contributed by atoms with Crippen LogP contribution in [0.4, 0.5) is 0 Å². The van der Waals surface area contributed by atoms with Gasteiger partial charge in [0.15, 0.2) is 12.2 Å². The zero-order valence-corrected chi connectivity index (χ0v) is 18.0. The van der Waals surface area contributed by atoms with Crippen LogP contribution in [0.3, 0.4) is 0 Å². The number of ketones is 1. The quantitative estimate of drug-likeness (QED) is 0.375. The molecule has 2 aromatic carbocycles. The normalized spacial score (nSPS) is 10.0. The number of rotatable bonds is 6. The van der Waals surface area contributed by atoms with Crippen molar-refractivity contribution in [2.45, 2.75) is 6.54 Å². The number of methoxy groups -OCH3 is 2. The van der Waals surface area contributed by atoms with Crippen molar-refractivity contribution in [3.63, 3.8) is 0 Å². The van der Waals surface area contributed by atoms with Crippen LogP contribution >= 0.6 is 15.9 Å². The van der Waals surface area contributed by atoms with Gasteiger partial charge in [0.25, 0.3) is 6.33 Å². The van der Waals surface area contributed by atoms with Crippen LogP contribution in [-0.2, 0) is 6.54 Å². The molecule has 7 heteroatoms. The standard InChI is InChI=1S/C20H18BrN2O3.BrH/c1-25-16-7-8-17(20(11-16)26-2)18-9-10-23(13-22-18)12-19(24)14-3-5-15(21)6-4-14;/h3-11,13H,12H2,1-2H3;1H/q+1;/p-1. The average Bonchev–Trinajstić information content (AvgIpc) is 2.68. The van der Waals surface area contributed by atoms with Gasteiger partial charge in [-0.25, -0.2) is 4.57 Å². The zero-order valence-electron chi connectivity index (χ0n) is 14.9. The number of aromatic nitrogens is 2. The predicted molar refractivity (Wildman–Crippen MR) is 101 cm³/mol. The van der Waals surface area contributed by atoms with Crippen molar-refractivity contribution in [3.05, 3.63) is 71.1 Å². The van der Waals surface area contributed by atoms with Gasteiger partial charge in [-0.3, -0.25) is 4.79 Å². The third-order valence-electron chi connectivity index (χ3n) is 3.95. The van der Waals surface area contributed by atoms with Gasteiger partial charge in [-0.1, -0.05) is 28.1 Å². The summed E-state index contributed by atoms with van der Waals surface area (Å²) < 4.78 is 13.3. The molecular formula is C20H18Br2N2O3. The van der Waals surface area contributed by atoms with Crippen LogP contribution in [0.2, 0.25) is 0 Å². The van der Waals surface area contributed by atoms with Gasteiger partial charge in [0, 0.05) is 22.2 Å². The molecule has 27 heavy (non-hydrogen) atoms. The second kappa shape index (κ2) is 9.62. The fourth-order valence-electron chi connectivity index (χ4n) is 2.54. The molecule has 3 rings (SSSR count). The number of carbonyl (C=O) groups excluding carboxylic acids is 1. The molecule has 0 radical (unpaired) electrons. The minimum absolute atomic E-state index is 0. The smallest absolute Gasteiger partial charge is 0.287 e. The molecule has 140 valence electrons. The summed E-state index contributed by atoms with van der Waals surface area (Å²) in [6.45, 7) is 0.231. The molecule has 0 aliphatic heterocycles. The Kier molecular flexibility index (Phi) is 7.50. The van der Waals surface area contributed by atoms with Crippen LogP contribution in [0, 0.1) is 0 Å². The average molecular weight is 494 g/mol. The van der Waals surface area contributed by atoms with Crippen molar-refractivity contribution in [2.75, 3.05) is 14.2 Å². The lowest BCUT2D eigenvalue weighted by molar-refractivity contribution is -0.686. The van der Waals surface area contributed by atoms with E-state index < -0.39 is 0 Å². The van der Waals surface area contributed by atoms with Gasteiger partial charge in [0.05, 0.1) is 26.0 Å². The highest BCUT2D eigenvalue weighted by molar-refractivity contribution is 9.10. The summed E-state index contributed by atoms with van der Waals surface area (Å²) in [5, 5.41) is 0. The molecule has 0 unspecified atom stereocenters.